The van der Waals surface area contributed by atoms with Gasteiger partial charge in [-0.25, -0.2) is 0 Å². The quantitative estimate of drug-likeness (QED) is 0.580. The highest BCUT2D eigenvalue weighted by Gasteiger charge is 2.67. The van der Waals surface area contributed by atoms with Crippen LogP contribution in [0.15, 0.2) is 23.8 Å². The molecule has 0 aromatic carbocycles. The SMILES string of the molecule is CC(=O)OCC(=O)[C@@]1(O)[C@H](C)CC2C3CCC4CC(=O)C=C[C@]4(C)C3=CC[C@@]21C. The number of carbonyl (C=O) groups is 3. The second kappa shape index (κ2) is 6.63. The predicted octanol–water partition coefficient (Wildman–Crippen LogP) is 3.40. The molecule has 4 aliphatic carbocycles. The Kier molecular flexibility index (Phi) is 4.69. The van der Waals surface area contributed by atoms with Crippen LogP contribution in [-0.2, 0) is 19.1 Å². The lowest BCUT2D eigenvalue weighted by Crippen LogP contribution is -2.58. The first kappa shape index (κ1) is 20.5. The monoisotopic (exact) mass is 400 g/mol. The topological polar surface area (TPSA) is 80.7 Å². The lowest BCUT2D eigenvalue weighted by atomic mass is 9.49. The summed E-state index contributed by atoms with van der Waals surface area (Å²) in [4.78, 5) is 36.2. The number of hydrogen-bond donors (Lipinski definition) is 1. The second-order valence-corrected chi connectivity index (χ2v) is 10.2. The van der Waals surface area contributed by atoms with Crippen LogP contribution in [0.2, 0.25) is 0 Å². The molecular formula is C24H32O5. The molecule has 0 saturated heterocycles. The summed E-state index contributed by atoms with van der Waals surface area (Å²) in [5, 5.41) is 11.7. The van der Waals surface area contributed by atoms with Gasteiger partial charge in [-0.1, -0.05) is 38.5 Å². The smallest absolute Gasteiger partial charge is 0.303 e. The molecule has 5 nitrogen and oxygen atoms in total. The zero-order valence-corrected chi connectivity index (χ0v) is 17.9. The van der Waals surface area contributed by atoms with E-state index in [0.717, 1.165) is 19.3 Å². The van der Waals surface area contributed by atoms with Crippen molar-refractivity contribution in [2.75, 3.05) is 6.61 Å². The van der Waals surface area contributed by atoms with Crippen molar-refractivity contribution in [2.24, 2.45) is 34.5 Å². The van der Waals surface area contributed by atoms with Gasteiger partial charge < -0.3 is 9.84 Å². The Hall–Kier alpha value is -1.75. The van der Waals surface area contributed by atoms with Crippen molar-refractivity contribution in [3.63, 3.8) is 0 Å². The molecule has 158 valence electrons. The minimum absolute atomic E-state index is 0.107. The molecule has 2 saturated carbocycles. The van der Waals surface area contributed by atoms with Crippen molar-refractivity contribution in [3.05, 3.63) is 23.8 Å². The van der Waals surface area contributed by atoms with E-state index in [0.29, 0.717) is 24.7 Å². The van der Waals surface area contributed by atoms with E-state index in [1.807, 2.05) is 13.8 Å². The molecule has 1 N–H and O–H groups in total. The molecule has 0 aromatic rings. The zero-order chi connectivity index (χ0) is 21.2. The van der Waals surface area contributed by atoms with Crippen molar-refractivity contribution >= 4 is 17.5 Å². The Morgan fingerprint density at radius 2 is 2.00 bits per heavy atom. The molecule has 29 heavy (non-hydrogen) atoms. The van der Waals surface area contributed by atoms with Crippen molar-refractivity contribution in [3.8, 4) is 0 Å². The van der Waals surface area contributed by atoms with Crippen LogP contribution in [0.4, 0.5) is 0 Å². The third-order valence-corrected chi connectivity index (χ3v) is 8.83. The summed E-state index contributed by atoms with van der Waals surface area (Å²) in [5.41, 5.74) is -0.784. The number of Topliss-reactive ketones (excluding diaryl/α,β-unsaturated/α-hetero) is 1. The highest BCUT2D eigenvalue weighted by molar-refractivity contribution is 5.92. The maximum atomic E-state index is 13.0. The van der Waals surface area contributed by atoms with E-state index < -0.39 is 17.0 Å². The molecule has 0 heterocycles. The van der Waals surface area contributed by atoms with Gasteiger partial charge >= 0.3 is 5.97 Å². The molecule has 4 rings (SSSR count). The molecule has 0 aliphatic heterocycles. The zero-order valence-electron chi connectivity index (χ0n) is 17.9. The van der Waals surface area contributed by atoms with Crippen LogP contribution in [0.25, 0.3) is 0 Å². The van der Waals surface area contributed by atoms with Gasteiger partial charge in [0.1, 0.15) is 5.60 Å². The van der Waals surface area contributed by atoms with Crippen LogP contribution < -0.4 is 0 Å². The summed E-state index contributed by atoms with van der Waals surface area (Å²) in [6.45, 7) is 7.13. The van der Waals surface area contributed by atoms with E-state index in [-0.39, 0.29) is 35.4 Å². The molecule has 0 spiro atoms. The Labute approximate surface area is 172 Å². The van der Waals surface area contributed by atoms with Crippen LogP contribution >= 0.6 is 0 Å². The van der Waals surface area contributed by atoms with Gasteiger partial charge in [-0.05, 0) is 55.4 Å². The minimum atomic E-state index is -1.49. The number of esters is 1. The molecule has 0 radical (unpaired) electrons. The molecule has 7 atom stereocenters. The highest BCUT2D eigenvalue weighted by Crippen LogP contribution is 2.66. The first-order valence-electron chi connectivity index (χ1n) is 10.9. The third kappa shape index (κ3) is 2.73. The molecule has 3 unspecified atom stereocenters. The summed E-state index contributed by atoms with van der Waals surface area (Å²) in [7, 11) is 0. The number of allylic oxidation sites excluding steroid dienone is 4. The van der Waals surface area contributed by atoms with Crippen molar-refractivity contribution in [1.82, 2.24) is 0 Å². The summed E-state index contributed by atoms with van der Waals surface area (Å²) >= 11 is 0. The maximum Gasteiger partial charge on any atom is 0.303 e. The summed E-state index contributed by atoms with van der Waals surface area (Å²) in [6.07, 6.45) is 10.1. The Morgan fingerprint density at radius 3 is 2.69 bits per heavy atom. The molecular weight excluding hydrogens is 368 g/mol. The highest BCUT2D eigenvalue weighted by atomic mass is 16.5. The van der Waals surface area contributed by atoms with Crippen LogP contribution in [0, 0.1) is 34.5 Å². The van der Waals surface area contributed by atoms with Gasteiger partial charge in [0.05, 0.1) is 0 Å². The Balaban J connectivity index is 1.70. The van der Waals surface area contributed by atoms with E-state index >= 15 is 0 Å². The van der Waals surface area contributed by atoms with Gasteiger partial charge in [0, 0.05) is 24.2 Å². The van der Waals surface area contributed by atoms with E-state index in [2.05, 4.69) is 19.1 Å². The number of rotatable bonds is 3. The van der Waals surface area contributed by atoms with Gasteiger partial charge in [0.15, 0.2) is 12.4 Å². The number of fused-ring (bicyclic) bond motifs is 5. The largest absolute Gasteiger partial charge is 0.458 e. The van der Waals surface area contributed by atoms with Gasteiger partial charge in [-0.3, -0.25) is 14.4 Å². The number of aliphatic hydroxyl groups is 1. The molecule has 4 aliphatic rings. The van der Waals surface area contributed by atoms with E-state index in [4.69, 9.17) is 4.74 Å². The minimum Gasteiger partial charge on any atom is -0.458 e. The van der Waals surface area contributed by atoms with Crippen molar-refractivity contribution < 1.29 is 24.2 Å². The summed E-state index contributed by atoms with van der Waals surface area (Å²) < 4.78 is 4.95. The Morgan fingerprint density at radius 1 is 1.28 bits per heavy atom. The third-order valence-electron chi connectivity index (χ3n) is 8.83. The molecule has 5 heteroatoms. The standard InChI is InChI=1S/C24H32O5/c1-14-11-20-18-6-5-16-12-17(26)7-9-22(16,3)19(18)8-10-23(20,4)24(14,28)21(27)13-29-15(2)25/h7-9,14,16,18,20,28H,5-6,10-13H2,1-4H3/t14-,16?,18?,20?,22+,23+,24+/m1/s1. The number of hydrogen-bond acceptors (Lipinski definition) is 5. The summed E-state index contributed by atoms with van der Waals surface area (Å²) in [6, 6.07) is 0. The normalized spacial score (nSPS) is 45.7. The lowest BCUT2D eigenvalue weighted by molar-refractivity contribution is -0.167. The van der Waals surface area contributed by atoms with E-state index in [1.165, 1.54) is 12.5 Å². The second-order valence-electron chi connectivity index (χ2n) is 10.2. The fourth-order valence-corrected chi connectivity index (χ4v) is 7.15. The van der Waals surface area contributed by atoms with Crippen LogP contribution in [0.5, 0.6) is 0 Å². The molecule has 2 fully saturated rings. The predicted molar refractivity (Wildman–Crippen MR) is 108 cm³/mol. The number of ketones is 2. The maximum absolute atomic E-state index is 13.0. The first-order chi connectivity index (χ1) is 13.5. The lowest BCUT2D eigenvalue weighted by Gasteiger charge is -2.55. The van der Waals surface area contributed by atoms with Crippen LogP contribution in [-0.4, -0.2) is 34.9 Å². The van der Waals surface area contributed by atoms with Crippen molar-refractivity contribution in [1.29, 1.82) is 0 Å². The average Bonchev–Trinajstić information content (AvgIpc) is 2.88. The fourth-order valence-electron chi connectivity index (χ4n) is 7.15. The number of carbonyl (C=O) groups excluding carboxylic acids is 3. The van der Waals surface area contributed by atoms with Gasteiger partial charge in [-0.2, -0.15) is 0 Å². The fraction of sp³-hybridized carbons (Fsp3) is 0.708. The molecule has 0 bridgehead atoms. The van der Waals surface area contributed by atoms with Crippen molar-refractivity contribution in [2.45, 2.75) is 65.4 Å². The summed E-state index contributed by atoms with van der Waals surface area (Å²) in [5.74, 6) is -0.0156. The molecule has 0 amide bonds. The van der Waals surface area contributed by atoms with Gasteiger partial charge in [-0.15, -0.1) is 0 Å². The van der Waals surface area contributed by atoms with E-state index in [1.54, 1.807) is 6.08 Å². The van der Waals surface area contributed by atoms with Gasteiger partial charge in [0.25, 0.3) is 0 Å². The Bertz CT molecular complexity index is 825. The van der Waals surface area contributed by atoms with Crippen LogP contribution in [0.3, 0.4) is 0 Å². The molecule has 0 aromatic heterocycles. The van der Waals surface area contributed by atoms with Gasteiger partial charge in [0.2, 0.25) is 5.78 Å². The van der Waals surface area contributed by atoms with Crippen LogP contribution in [0.1, 0.15) is 59.8 Å². The average molecular weight is 401 g/mol. The first-order valence-corrected chi connectivity index (χ1v) is 10.9. The van der Waals surface area contributed by atoms with E-state index in [9.17, 15) is 19.5 Å². The number of ether oxygens (including phenoxy) is 1.